The van der Waals surface area contributed by atoms with Crippen molar-refractivity contribution in [2.24, 2.45) is 9.98 Å². The molecule has 0 unspecified atom stereocenters. The summed E-state index contributed by atoms with van der Waals surface area (Å²) in [5.74, 6) is 1.14. The average Bonchev–Trinajstić information content (AvgIpc) is 2.88. The van der Waals surface area contributed by atoms with Crippen molar-refractivity contribution in [1.82, 2.24) is 0 Å². The van der Waals surface area contributed by atoms with Crippen LogP contribution in [-0.2, 0) is 12.8 Å². The van der Waals surface area contributed by atoms with Crippen LogP contribution >= 0.6 is 0 Å². The van der Waals surface area contributed by atoms with Crippen LogP contribution in [0.2, 0.25) is 0 Å². The minimum atomic E-state index is 0.233. The van der Waals surface area contributed by atoms with Gasteiger partial charge in [0.25, 0.3) is 0 Å². The Labute approximate surface area is 215 Å². The number of unbranched alkanes of at least 4 members (excludes halogenated alkanes) is 2. The van der Waals surface area contributed by atoms with E-state index in [9.17, 15) is 10.2 Å². The summed E-state index contributed by atoms with van der Waals surface area (Å²) in [4.78, 5) is 9.35. The highest BCUT2D eigenvalue weighted by molar-refractivity contribution is 5.90. The minimum absolute atomic E-state index is 0.233. The third-order valence-electron chi connectivity index (χ3n) is 6.29. The Balaban J connectivity index is 1.97. The van der Waals surface area contributed by atoms with Crippen LogP contribution in [0.3, 0.4) is 0 Å². The molecule has 0 fully saturated rings. The van der Waals surface area contributed by atoms with Crippen molar-refractivity contribution in [2.45, 2.75) is 66.2 Å². The highest BCUT2D eigenvalue weighted by Gasteiger charge is 2.09. The highest BCUT2D eigenvalue weighted by atomic mass is 16.5. The first-order valence-electron chi connectivity index (χ1n) is 12.8. The second-order valence-corrected chi connectivity index (χ2v) is 9.28. The van der Waals surface area contributed by atoms with E-state index in [1.54, 1.807) is 19.5 Å². The molecule has 0 radical (unpaired) electrons. The van der Waals surface area contributed by atoms with Crippen LogP contribution in [0.25, 0.3) is 0 Å². The number of methoxy groups -OCH3 is 1. The van der Waals surface area contributed by atoms with Gasteiger partial charge in [-0.25, -0.2) is 0 Å². The predicted molar refractivity (Wildman–Crippen MR) is 150 cm³/mol. The molecule has 3 rings (SSSR count). The SMILES string of the molecule is CCCCc1cc(C)c(O)c(C=Nc2ccc(OC)cc2N=Cc2cc(CCCC)cc(C)c2O)c1. The molecule has 0 aromatic heterocycles. The number of phenolic OH excluding ortho intramolecular Hbond substituents is 2. The van der Waals surface area contributed by atoms with Crippen LogP contribution < -0.4 is 4.74 Å². The molecule has 0 aliphatic rings. The van der Waals surface area contributed by atoms with Gasteiger partial charge in [0.2, 0.25) is 0 Å². The fraction of sp³-hybridized carbons (Fsp3) is 0.355. The lowest BCUT2D eigenvalue weighted by atomic mass is 10.0. The molecule has 0 aliphatic carbocycles. The standard InChI is InChI=1S/C31H38N2O3/c1-6-8-10-23-14-21(3)30(34)25(16-23)19-32-28-13-12-27(36-5)18-29(28)33-20-26-17-24(11-9-7-2)15-22(4)31(26)35/h12-20,34-35H,6-11H2,1-5H3. The number of hydrogen-bond donors (Lipinski definition) is 2. The number of benzene rings is 3. The topological polar surface area (TPSA) is 74.4 Å². The van der Waals surface area contributed by atoms with Gasteiger partial charge >= 0.3 is 0 Å². The fourth-order valence-electron chi connectivity index (χ4n) is 4.14. The summed E-state index contributed by atoms with van der Waals surface area (Å²) >= 11 is 0. The number of aromatic hydroxyl groups is 2. The van der Waals surface area contributed by atoms with Crippen molar-refractivity contribution in [1.29, 1.82) is 0 Å². The van der Waals surface area contributed by atoms with E-state index in [0.717, 1.165) is 49.7 Å². The Morgan fingerprint density at radius 3 is 1.69 bits per heavy atom. The third-order valence-corrected chi connectivity index (χ3v) is 6.29. The number of aryl methyl sites for hydroxylation is 4. The van der Waals surface area contributed by atoms with Crippen molar-refractivity contribution in [3.05, 3.63) is 75.8 Å². The van der Waals surface area contributed by atoms with E-state index in [4.69, 9.17) is 4.74 Å². The molecule has 5 nitrogen and oxygen atoms in total. The van der Waals surface area contributed by atoms with Crippen LogP contribution in [0.4, 0.5) is 11.4 Å². The lowest BCUT2D eigenvalue weighted by Gasteiger charge is -2.09. The number of phenols is 2. The summed E-state index contributed by atoms with van der Waals surface area (Å²) in [7, 11) is 1.61. The molecule has 190 valence electrons. The Morgan fingerprint density at radius 1 is 0.722 bits per heavy atom. The summed E-state index contributed by atoms with van der Waals surface area (Å²) in [6.45, 7) is 8.16. The van der Waals surface area contributed by atoms with E-state index in [-0.39, 0.29) is 11.5 Å². The average molecular weight is 487 g/mol. The van der Waals surface area contributed by atoms with E-state index in [1.807, 2.05) is 56.3 Å². The van der Waals surface area contributed by atoms with Gasteiger partial charge in [-0.3, -0.25) is 9.98 Å². The zero-order valence-electron chi connectivity index (χ0n) is 22.1. The summed E-state index contributed by atoms with van der Waals surface area (Å²) < 4.78 is 5.40. The van der Waals surface area contributed by atoms with E-state index in [0.29, 0.717) is 28.3 Å². The van der Waals surface area contributed by atoms with E-state index in [1.165, 1.54) is 11.1 Å². The Kier molecular flexibility index (Phi) is 9.69. The number of rotatable bonds is 11. The quantitative estimate of drug-likeness (QED) is 0.270. The number of hydrogen-bond acceptors (Lipinski definition) is 5. The van der Waals surface area contributed by atoms with Crippen LogP contribution in [0.5, 0.6) is 17.2 Å². The van der Waals surface area contributed by atoms with Crippen LogP contribution in [0.1, 0.15) is 72.9 Å². The molecule has 0 heterocycles. The third kappa shape index (κ3) is 6.97. The molecule has 2 N–H and O–H groups in total. The monoisotopic (exact) mass is 486 g/mol. The van der Waals surface area contributed by atoms with Crippen LogP contribution in [0, 0.1) is 13.8 Å². The zero-order valence-corrected chi connectivity index (χ0v) is 22.1. The van der Waals surface area contributed by atoms with Crippen molar-refractivity contribution in [2.75, 3.05) is 7.11 Å². The molecule has 0 aliphatic heterocycles. The van der Waals surface area contributed by atoms with Gasteiger partial charge in [0.05, 0.1) is 18.5 Å². The number of nitrogens with zero attached hydrogens (tertiary/aromatic N) is 2. The second kappa shape index (κ2) is 12.9. The minimum Gasteiger partial charge on any atom is -0.507 e. The molecule has 0 amide bonds. The highest BCUT2D eigenvalue weighted by Crippen LogP contribution is 2.33. The molecule has 36 heavy (non-hydrogen) atoms. The molecule has 3 aromatic carbocycles. The molecule has 0 spiro atoms. The van der Waals surface area contributed by atoms with Gasteiger partial charge in [0.15, 0.2) is 0 Å². The van der Waals surface area contributed by atoms with Crippen LogP contribution in [-0.4, -0.2) is 29.8 Å². The van der Waals surface area contributed by atoms with E-state index < -0.39 is 0 Å². The normalized spacial score (nSPS) is 11.6. The maximum atomic E-state index is 10.6. The summed E-state index contributed by atoms with van der Waals surface area (Å²) in [6, 6.07) is 13.6. The molecule has 0 saturated heterocycles. The van der Waals surface area contributed by atoms with Crippen molar-refractivity contribution >= 4 is 23.8 Å². The second-order valence-electron chi connectivity index (χ2n) is 9.28. The molecule has 5 heteroatoms. The largest absolute Gasteiger partial charge is 0.507 e. The number of aliphatic imine (C=N–C) groups is 2. The molecular formula is C31H38N2O3. The first-order chi connectivity index (χ1) is 17.4. The smallest absolute Gasteiger partial charge is 0.127 e. The Morgan fingerprint density at radius 2 is 1.22 bits per heavy atom. The Hall–Kier alpha value is -3.60. The molecule has 3 aromatic rings. The van der Waals surface area contributed by atoms with Crippen molar-refractivity contribution in [3.63, 3.8) is 0 Å². The zero-order chi connectivity index (χ0) is 26.1. The van der Waals surface area contributed by atoms with Gasteiger partial charge in [0, 0.05) is 29.6 Å². The Bertz CT molecular complexity index is 1250. The molecule has 0 atom stereocenters. The first kappa shape index (κ1) is 27.0. The van der Waals surface area contributed by atoms with Gasteiger partial charge in [-0.15, -0.1) is 0 Å². The fourth-order valence-corrected chi connectivity index (χ4v) is 4.14. The lowest BCUT2D eigenvalue weighted by Crippen LogP contribution is -1.93. The van der Waals surface area contributed by atoms with Crippen LogP contribution in [0.15, 0.2) is 52.4 Å². The first-order valence-corrected chi connectivity index (χ1v) is 12.8. The van der Waals surface area contributed by atoms with Crippen molar-refractivity contribution < 1.29 is 14.9 Å². The lowest BCUT2D eigenvalue weighted by molar-refractivity contribution is 0.415. The van der Waals surface area contributed by atoms with Gasteiger partial charge in [-0.1, -0.05) is 38.8 Å². The van der Waals surface area contributed by atoms with Gasteiger partial charge in [-0.05, 0) is 86.1 Å². The molecule has 0 bridgehead atoms. The van der Waals surface area contributed by atoms with Gasteiger partial charge < -0.3 is 14.9 Å². The maximum absolute atomic E-state index is 10.6. The maximum Gasteiger partial charge on any atom is 0.127 e. The molecule has 0 saturated carbocycles. The van der Waals surface area contributed by atoms with E-state index >= 15 is 0 Å². The predicted octanol–water partition coefficient (Wildman–Crippen LogP) is 7.91. The van der Waals surface area contributed by atoms with Crippen molar-refractivity contribution in [3.8, 4) is 17.2 Å². The van der Waals surface area contributed by atoms with Gasteiger partial charge in [-0.2, -0.15) is 0 Å². The molecular weight excluding hydrogens is 448 g/mol. The van der Waals surface area contributed by atoms with Gasteiger partial charge in [0.1, 0.15) is 17.2 Å². The summed E-state index contributed by atoms with van der Waals surface area (Å²) in [6.07, 6.45) is 9.73. The summed E-state index contributed by atoms with van der Waals surface area (Å²) in [5.41, 5.74) is 6.66. The summed E-state index contributed by atoms with van der Waals surface area (Å²) in [5, 5.41) is 21.2. The number of ether oxygens (including phenoxy) is 1. The van der Waals surface area contributed by atoms with E-state index in [2.05, 4.69) is 23.8 Å².